The van der Waals surface area contributed by atoms with Gasteiger partial charge in [-0.3, -0.25) is 0 Å². The summed E-state index contributed by atoms with van der Waals surface area (Å²) in [6, 6.07) is 18.1. The molecule has 0 spiro atoms. The van der Waals surface area contributed by atoms with Crippen LogP contribution in [0.2, 0.25) is 5.02 Å². The van der Waals surface area contributed by atoms with Gasteiger partial charge in [-0.25, -0.2) is 4.39 Å². The van der Waals surface area contributed by atoms with E-state index in [0.29, 0.717) is 28.6 Å². The van der Waals surface area contributed by atoms with Gasteiger partial charge in [0.25, 0.3) is 0 Å². The number of rotatable bonds is 10. The predicted molar refractivity (Wildman–Crippen MR) is 117 cm³/mol. The first-order valence-electron chi connectivity index (χ1n) is 9.67. The molecular formula is C24H25ClFNO3. The van der Waals surface area contributed by atoms with E-state index in [-0.39, 0.29) is 12.4 Å². The van der Waals surface area contributed by atoms with E-state index in [9.17, 15) is 4.39 Å². The van der Waals surface area contributed by atoms with Crippen molar-refractivity contribution < 1.29 is 18.6 Å². The minimum absolute atomic E-state index is 0.228. The van der Waals surface area contributed by atoms with E-state index in [1.54, 1.807) is 20.3 Å². The third-order valence-corrected chi connectivity index (χ3v) is 5.07. The number of hydrogen-bond donors (Lipinski definition) is 1. The van der Waals surface area contributed by atoms with Crippen LogP contribution in [-0.4, -0.2) is 20.8 Å². The van der Waals surface area contributed by atoms with Crippen molar-refractivity contribution in [1.82, 2.24) is 5.32 Å². The maximum Gasteiger partial charge on any atom is 0.161 e. The summed E-state index contributed by atoms with van der Waals surface area (Å²) >= 11 is 6.06. The highest BCUT2D eigenvalue weighted by Crippen LogP contribution is 2.30. The van der Waals surface area contributed by atoms with Gasteiger partial charge in [0.2, 0.25) is 0 Å². The van der Waals surface area contributed by atoms with E-state index in [4.69, 9.17) is 25.8 Å². The highest BCUT2D eigenvalue weighted by molar-refractivity contribution is 6.31. The zero-order valence-corrected chi connectivity index (χ0v) is 17.8. The van der Waals surface area contributed by atoms with Crippen molar-refractivity contribution in [3.8, 4) is 17.2 Å². The second-order valence-electron chi connectivity index (χ2n) is 6.75. The first kappa shape index (κ1) is 21.9. The zero-order valence-electron chi connectivity index (χ0n) is 17.1. The van der Waals surface area contributed by atoms with E-state index < -0.39 is 0 Å². The fraction of sp³-hybridized carbons (Fsp3) is 0.250. The summed E-state index contributed by atoms with van der Waals surface area (Å²) in [4.78, 5) is 0. The van der Waals surface area contributed by atoms with Crippen LogP contribution in [0.5, 0.6) is 17.2 Å². The summed E-state index contributed by atoms with van der Waals surface area (Å²) < 4.78 is 29.9. The summed E-state index contributed by atoms with van der Waals surface area (Å²) in [6.45, 7) is 1.76. The van der Waals surface area contributed by atoms with Gasteiger partial charge in [0, 0.05) is 12.1 Å². The molecule has 1 N–H and O–H groups in total. The van der Waals surface area contributed by atoms with Crippen LogP contribution >= 0.6 is 11.6 Å². The smallest absolute Gasteiger partial charge is 0.161 e. The number of halogens is 2. The van der Waals surface area contributed by atoms with Crippen LogP contribution in [0.25, 0.3) is 0 Å². The highest BCUT2D eigenvalue weighted by atomic mass is 35.5. The van der Waals surface area contributed by atoms with Gasteiger partial charge in [-0.2, -0.15) is 0 Å². The number of hydrogen-bond acceptors (Lipinski definition) is 4. The molecule has 0 fully saturated rings. The van der Waals surface area contributed by atoms with Gasteiger partial charge in [0.1, 0.15) is 18.2 Å². The van der Waals surface area contributed by atoms with Gasteiger partial charge in [-0.15, -0.1) is 0 Å². The molecule has 6 heteroatoms. The van der Waals surface area contributed by atoms with Crippen molar-refractivity contribution in [3.63, 3.8) is 0 Å². The van der Waals surface area contributed by atoms with Crippen LogP contribution in [0.3, 0.4) is 0 Å². The second kappa shape index (κ2) is 10.9. The summed E-state index contributed by atoms with van der Waals surface area (Å²) in [5.74, 6) is 1.78. The summed E-state index contributed by atoms with van der Waals surface area (Å²) in [5, 5.41) is 3.78. The second-order valence-corrected chi connectivity index (χ2v) is 7.16. The van der Waals surface area contributed by atoms with Crippen LogP contribution in [0.1, 0.15) is 16.7 Å². The fourth-order valence-electron chi connectivity index (χ4n) is 3.10. The predicted octanol–water partition coefficient (Wildman–Crippen LogP) is 5.41. The first-order chi connectivity index (χ1) is 14.6. The van der Waals surface area contributed by atoms with E-state index in [1.807, 2.05) is 36.4 Å². The van der Waals surface area contributed by atoms with Crippen LogP contribution in [0.15, 0.2) is 60.7 Å². The molecule has 30 heavy (non-hydrogen) atoms. The van der Waals surface area contributed by atoms with Crippen LogP contribution in [0.4, 0.5) is 4.39 Å². The van der Waals surface area contributed by atoms with Crippen molar-refractivity contribution in [2.24, 2.45) is 0 Å². The van der Waals surface area contributed by atoms with Crippen molar-refractivity contribution in [1.29, 1.82) is 0 Å². The average Bonchev–Trinajstić information content (AvgIpc) is 2.76. The molecule has 158 valence electrons. The number of methoxy groups -OCH3 is 2. The van der Waals surface area contributed by atoms with E-state index in [2.05, 4.69) is 11.4 Å². The Morgan fingerprint density at radius 3 is 2.43 bits per heavy atom. The Kier molecular flexibility index (Phi) is 7.94. The Morgan fingerprint density at radius 2 is 1.67 bits per heavy atom. The monoisotopic (exact) mass is 429 g/mol. The number of para-hydroxylation sites is 1. The summed E-state index contributed by atoms with van der Waals surface area (Å²) in [6.07, 6.45) is 0.876. The minimum atomic E-state index is -0.371. The van der Waals surface area contributed by atoms with Crippen LogP contribution in [0, 0.1) is 5.82 Å². The molecule has 0 aliphatic heterocycles. The maximum atomic E-state index is 13.2. The highest BCUT2D eigenvalue weighted by Gasteiger charge is 2.09. The zero-order chi connectivity index (χ0) is 21.3. The lowest BCUT2D eigenvalue weighted by Crippen LogP contribution is -2.17. The third kappa shape index (κ3) is 5.88. The molecule has 0 aliphatic rings. The molecule has 0 heterocycles. The SMILES string of the molecule is COc1ccccc1CCNCc1ccc(OCc2ccc(F)cc2Cl)c(OC)c1. The first-order valence-corrected chi connectivity index (χ1v) is 10.0. The standard InChI is InChI=1S/C24H25ClFNO3/c1-28-22-6-4-3-5-18(22)11-12-27-15-17-7-10-23(24(13-17)29-2)30-16-19-8-9-20(26)14-21(19)25/h3-10,13-14,27H,11-12,15-16H2,1-2H3. The molecule has 0 unspecified atom stereocenters. The summed E-state index contributed by atoms with van der Waals surface area (Å²) in [7, 11) is 3.29. The Labute approximate surface area is 181 Å². The Morgan fingerprint density at radius 1 is 0.867 bits per heavy atom. The summed E-state index contributed by atoms with van der Waals surface area (Å²) in [5.41, 5.74) is 2.97. The molecule has 3 aromatic rings. The third-order valence-electron chi connectivity index (χ3n) is 4.72. The van der Waals surface area contributed by atoms with Crippen molar-refractivity contribution in [2.45, 2.75) is 19.6 Å². The van der Waals surface area contributed by atoms with Gasteiger partial charge < -0.3 is 19.5 Å². The van der Waals surface area contributed by atoms with Gasteiger partial charge in [-0.1, -0.05) is 41.9 Å². The molecule has 3 rings (SSSR count). The molecule has 0 saturated heterocycles. The molecule has 0 saturated carbocycles. The molecular weight excluding hydrogens is 405 g/mol. The van der Waals surface area contributed by atoms with Crippen molar-refractivity contribution in [3.05, 3.63) is 88.2 Å². The van der Waals surface area contributed by atoms with E-state index >= 15 is 0 Å². The Balaban J connectivity index is 1.54. The van der Waals surface area contributed by atoms with Crippen molar-refractivity contribution >= 4 is 11.6 Å². The van der Waals surface area contributed by atoms with Gasteiger partial charge in [-0.05, 0) is 54.4 Å². The lowest BCUT2D eigenvalue weighted by molar-refractivity contribution is 0.284. The minimum Gasteiger partial charge on any atom is -0.496 e. The normalized spacial score (nSPS) is 10.7. The molecule has 4 nitrogen and oxygen atoms in total. The molecule has 0 aromatic heterocycles. The van der Waals surface area contributed by atoms with Crippen LogP contribution < -0.4 is 19.5 Å². The molecule has 0 radical (unpaired) electrons. The Bertz CT molecular complexity index is 980. The number of nitrogens with one attached hydrogen (secondary N) is 1. The number of benzene rings is 3. The average molecular weight is 430 g/mol. The molecule has 0 aliphatic carbocycles. The van der Waals surface area contributed by atoms with Crippen molar-refractivity contribution in [2.75, 3.05) is 20.8 Å². The van der Waals surface area contributed by atoms with Gasteiger partial charge in [0.15, 0.2) is 11.5 Å². The lowest BCUT2D eigenvalue weighted by atomic mass is 10.1. The van der Waals surface area contributed by atoms with Gasteiger partial charge >= 0.3 is 0 Å². The molecule has 3 aromatic carbocycles. The van der Waals surface area contributed by atoms with Crippen LogP contribution in [-0.2, 0) is 19.6 Å². The largest absolute Gasteiger partial charge is 0.496 e. The fourth-order valence-corrected chi connectivity index (χ4v) is 3.32. The quantitative estimate of drug-likeness (QED) is 0.437. The molecule has 0 bridgehead atoms. The molecule has 0 atom stereocenters. The Hall–Kier alpha value is -2.76. The lowest BCUT2D eigenvalue weighted by Gasteiger charge is -2.13. The maximum absolute atomic E-state index is 13.2. The van der Waals surface area contributed by atoms with E-state index in [0.717, 1.165) is 24.3 Å². The molecule has 0 amide bonds. The van der Waals surface area contributed by atoms with Gasteiger partial charge in [0.05, 0.1) is 19.2 Å². The van der Waals surface area contributed by atoms with E-state index in [1.165, 1.54) is 17.7 Å². The topological polar surface area (TPSA) is 39.7 Å². The number of ether oxygens (including phenoxy) is 3.